The fourth-order valence-electron chi connectivity index (χ4n) is 3.76. The molecule has 0 fully saturated rings. The Hall–Kier alpha value is -2.62. The topological polar surface area (TPSA) is 43.6 Å². The molecule has 0 amide bonds. The van der Waals surface area contributed by atoms with Gasteiger partial charge in [-0.1, -0.05) is 68.4 Å². The fraction of sp³-hybridized carbons (Fsp3) is 0.417. The molecule has 0 aliphatic heterocycles. The summed E-state index contributed by atoms with van der Waals surface area (Å²) in [5.74, 6) is -0.407. The van der Waals surface area contributed by atoms with Crippen LogP contribution in [0.3, 0.4) is 0 Å². The van der Waals surface area contributed by atoms with Gasteiger partial charge in [-0.25, -0.2) is 4.79 Å². The largest absolute Gasteiger partial charge is 0.340 e. The van der Waals surface area contributed by atoms with Crippen LogP contribution in [0.2, 0.25) is 0 Å². The third kappa shape index (κ3) is 4.61. The van der Waals surface area contributed by atoms with Gasteiger partial charge in [-0.15, -0.1) is 0 Å². The number of fused-ring (bicyclic) bond motifs is 3. The molecule has 148 valence electrons. The summed E-state index contributed by atoms with van der Waals surface area (Å²) >= 11 is 0. The monoisotopic (exact) mass is 378 g/mol. The summed E-state index contributed by atoms with van der Waals surface area (Å²) in [6.07, 6.45) is 7.77. The number of hydrogen-bond donors (Lipinski definition) is 0. The molecule has 1 heterocycles. The highest BCUT2D eigenvalue weighted by atomic mass is 16.7. The van der Waals surface area contributed by atoms with Crippen molar-refractivity contribution in [2.24, 2.45) is 5.16 Å². The number of nitrogens with zero attached hydrogens (tertiary/aromatic N) is 2. The number of carbonyl (C=O) groups excluding carboxylic acids is 1. The molecular weight excluding hydrogens is 348 g/mol. The third-order valence-corrected chi connectivity index (χ3v) is 5.24. The quantitative estimate of drug-likeness (QED) is 0.186. The minimum Gasteiger partial charge on any atom is -0.340 e. The molecule has 0 saturated carbocycles. The Labute approximate surface area is 167 Å². The van der Waals surface area contributed by atoms with Crippen molar-refractivity contribution >= 4 is 33.5 Å². The van der Waals surface area contributed by atoms with E-state index in [-0.39, 0.29) is 0 Å². The Kier molecular flexibility index (Phi) is 6.85. The van der Waals surface area contributed by atoms with Gasteiger partial charge in [-0.05, 0) is 37.1 Å². The van der Waals surface area contributed by atoms with Gasteiger partial charge in [0.1, 0.15) is 0 Å². The first-order valence-corrected chi connectivity index (χ1v) is 10.4. The second kappa shape index (κ2) is 9.54. The van der Waals surface area contributed by atoms with E-state index in [1.165, 1.54) is 67.3 Å². The number of rotatable bonds is 9. The van der Waals surface area contributed by atoms with Gasteiger partial charge in [-0.3, -0.25) is 0 Å². The molecule has 0 saturated heterocycles. The molecule has 0 spiro atoms. The lowest BCUT2D eigenvalue weighted by Crippen LogP contribution is -2.00. The minimum absolute atomic E-state index is 0.407. The average molecular weight is 379 g/mol. The van der Waals surface area contributed by atoms with Crippen molar-refractivity contribution in [2.75, 3.05) is 0 Å². The SMILES string of the molecule is CCCCCCCCn1c2ccccc2c2cc(C(C)=NOC(C)=O)ccc21. The van der Waals surface area contributed by atoms with Crippen LogP contribution in [0.4, 0.5) is 0 Å². The van der Waals surface area contributed by atoms with E-state index in [0.29, 0.717) is 5.71 Å². The van der Waals surface area contributed by atoms with Crippen LogP contribution < -0.4 is 0 Å². The van der Waals surface area contributed by atoms with Gasteiger partial charge in [0.05, 0.1) is 5.71 Å². The lowest BCUT2D eigenvalue weighted by atomic mass is 10.1. The first-order chi connectivity index (χ1) is 13.6. The van der Waals surface area contributed by atoms with Crippen molar-refractivity contribution in [3.05, 3.63) is 48.0 Å². The van der Waals surface area contributed by atoms with Gasteiger partial charge in [0.25, 0.3) is 0 Å². The number of hydrogen-bond acceptors (Lipinski definition) is 3. The highest BCUT2D eigenvalue weighted by Gasteiger charge is 2.11. The lowest BCUT2D eigenvalue weighted by Gasteiger charge is -2.08. The second-order valence-corrected chi connectivity index (χ2v) is 7.43. The molecule has 3 rings (SSSR count). The van der Waals surface area contributed by atoms with Crippen LogP contribution in [0.15, 0.2) is 47.6 Å². The van der Waals surface area contributed by atoms with Crippen molar-refractivity contribution in [1.82, 2.24) is 4.57 Å². The first-order valence-electron chi connectivity index (χ1n) is 10.4. The van der Waals surface area contributed by atoms with Crippen LogP contribution in [0.1, 0.15) is 64.9 Å². The predicted molar refractivity (Wildman–Crippen MR) is 117 cm³/mol. The zero-order chi connectivity index (χ0) is 19.9. The van der Waals surface area contributed by atoms with Crippen molar-refractivity contribution < 1.29 is 9.63 Å². The van der Waals surface area contributed by atoms with Crippen LogP contribution in [-0.2, 0) is 16.2 Å². The van der Waals surface area contributed by atoms with E-state index in [4.69, 9.17) is 4.84 Å². The van der Waals surface area contributed by atoms with Gasteiger partial charge >= 0.3 is 5.97 Å². The van der Waals surface area contributed by atoms with Crippen molar-refractivity contribution in [2.45, 2.75) is 65.8 Å². The summed E-state index contributed by atoms with van der Waals surface area (Å²) in [5.41, 5.74) is 4.19. The van der Waals surface area contributed by atoms with Crippen LogP contribution in [0.5, 0.6) is 0 Å². The second-order valence-electron chi connectivity index (χ2n) is 7.43. The molecule has 1 aromatic heterocycles. The van der Waals surface area contributed by atoms with Crippen LogP contribution >= 0.6 is 0 Å². The molecule has 0 unspecified atom stereocenters. The maximum atomic E-state index is 11.0. The maximum absolute atomic E-state index is 11.0. The Morgan fingerprint density at radius 1 is 0.929 bits per heavy atom. The van der Waals surface area contributed by atoms with E-state index >= 15 is 0 Å². The molecule has 0 bridgehead atoms. The van der Waals surface area contributed by atoms with Crippen LogP contribution in [0.25, 0.3) is 21.8 Å². The predicted octanol–water partition coefficient (Wildman–Crippen LogP) is 6.44. The van der Waals surface area contributed by atoms with Gasteiger partial charge in [0, 0.05) is 35.3 Å². The van der Waals surface area contributed by atoms with Crippen molar-refractivity contribution in [3.63, 3.8) is 0 Å². The summed E-state index contributed by atoms with van der Waals surface area (Å²) < 4.78 is 2.44. The third-order valence-electron chi connectivity index (χ3n) is 5.24. The van der Waals surface area contributed by atoms with Gasteiger partial charge < -0.3 is 9.40 Å². The maximum Gasteiger partial charge on any atom is 0.331 e. The van der Waals surface area contributed by atoms with Crippen molar-refractivity contribution in [1.29, 1.82) is 0 Å². The molecule has 0 atom stereocenters. The summed E-state index contributed by atoms with van der Waals surface area (Å²) in [4.78, 5) is 15.8. The van der Waals surface area contributed by atoms with E-state index in [2.05, 4.69) is 59.1 Å². The first kappa shape index (κ1) is 20.1. The standard InChI is InChI=1S/C24H30N2O2/c1-4-5-6-7-8-11-16-26-23-13-10-9-12-21(23)22-17-20(14-15-24(22)26)18(2)25-28-19(3)27/h9-10,12-15,17H,4-8,11,16H2,1-3H3. The molecule has 2 aromatic carbocycles. The lowest BCUT2D eigenvalue weighted by molar-refractivity contribution is -0.140. The Morgan fingerprint density at radius 3 is 2.43 bits per heavy atom. The molecule has 0 aliphatic carbocycles. The number of aromatic nitrogens is 1. The van der Waals surface area contributed by atoms with Crippen LogP contribution in [0, 0.1) is 0 Å². The number of para-hydroxylation sites is 1. The summed E-state index contributed by atoms with van der Waals surface area (Å²) in [6.45, 7) is 6.51. The highest BCUT2D eigenvalue weighted by molar-refractivity contribution is 6.11. The molecule has 0 N–H and O–H groups in total. The average Bonchev–Trinajstić information content (AvgIpc) is 3.02. The molecule has 0 aliphatic rings. The molecule has 3 aromatic rings. The Bertz CT molecular complexity index is 985. The summed E-state index contributed by atoms with van der Waals surface area (Å²) in [6, 6.07) is 14.9. The Morgan fingerprint density at radius 2 is 1.64 bits per heavy atom. The molecule has 0 radical (unpaired) electrons. The van der Waals surface area contributed by atoms with Gasteiger partial charge in [-0.2, -0.15) is 0 Å². The van der Waals surface area contributed by atoms with Crippen LogP contribution in [-0.4, -0.2) is 16.2 Å². The molecule has 28 heavy (non-hydrogen) atoms. The van der Waals surface area contributed by atoms with Gasteiger partial charge in [0.2, 0.25) is 0 Å². The van der Waals surface area contributed by atoms with E-state index in [9.17, 15) is 4.79 Å². The molecule has 4 heteroatoms. The number of aryl methyl sites for hydroxylation is 1. The smallest absolute Gasteiger partial charge is 0.331 e. The summed E-state index contributed by atoms with van der Waals surface area (Å²) in [5, 5.41) is 6.41. The van der Waals surface area contributed by atoms with E-state index in [0.717, 1.165) is 12.1 Å². The molecular formula is C24H30N2O2. The highest BCUT2D eigenvalue weighted by Crippen LogP contribution is 2.30. The number of benzene rings is 2. The van der Waals surface area contributed by atoms with Gasteiger partial charge in [0.15, 0.2) is 0 Å². The number of carbonyl (C=O) groups is 1. The number of oxime groups is 1. The zero-order valence-corrected chi connectivity index (χ0v) is 17.2. The van der Waals surface area contributed by atoms with E-state index in [1.54, 1.807) is 0 Å². The number of unbranched alkanes of at least 4 members (excludes halogenated alkanes) is 5. The summed E-state index contributed by atoms with van der Waals surface area (Å²) in [7, 11) is 0. The Balaban J connectivity index is 1.89. The van der Waals surface area contributed by atoms with E-state index < -0.39 is 5.97 Å². The minimum atomic E-state index is -0.407. The molecule has 4 nitrogen and oxygen atoms in total. The normalized spacial score (nSPS) is 12.0. The van der Waals surface area contributed by atoms with E-state index in [1.807, 2.05) is 6.92 Å². The van der Waals surface area contributed by atoms with Crippen molar-refractivity contribution in [3.8, 4) is 0 Å². The zero-order valence-electron chi connectivity index (χ0n) is 17.2. The fourth-order valence-corrected chi connectivity index (χ4v) is 3.76.